The average molecular weight is 289 g/mol. The van der Waals surface area contributed by atoms with Crippen LogP contribution in [-0.2, 0) is 0 Å². The highest BCUT2D eigenvalue weighted by atomic mass is 32.1. The zero-order valence-corrected chi connectivity index (χ0v) is 13.3. The largest absolute Gasteiger partial charge is 0.493 e. The Morgan fingerprint density at radius 1 is 1.20 bits per heavy atom. The van der Waals surface area contributed by atoms with E-state index in [4.69, 9.17) is 10.5 Å². The second-order valence-corrected chi connectivity index (χ2v) is 6.43. The van der Waals surface area contributed by atoms with Gasteiger partial charge in [-0.1, -0.05) is 19.1 Å². The van der Waals surface area contributed by atoms with Crippen LogP contribution in [0.5, 0.6) is 5.75 Å². The molecule has 0 fully saturated rings. The lowest BCUT2D eigenvalue weighted by Gasteiger charge is -2.16. The number of ether oxygens (including phenoxy) is 1. The molecule has 3 heteroatoms. The Labute approximate surface area is 125 Å². The fourth-order valence-electron chi connectivity index (χ4n) is 2.32. The fraction of sp³-hybridized carbons (Fsp3) is 0.412. The molecule has 20 heavy (non-hydrogen) atoms. The lowest BCUT2D eigenvalue weighted by molar-refractivity contribution is 0.315. The summed E-state index contributed by atoms with van der Waals surface area (Å²) < 4.78 is 5.74. The number of aryl methyl sites for hydroxylation is 2. The van der Waals surface area contributed by atoms with Gasteiger partial charge in [-0.05, 0) is 49.6 Å². The Morgan fingerprint density at radius 3 is 2.55 bits per heavy atom. The maximum absolute atomic E-state index is 5.99. The van der Waals surface area contributed by atoms with E-state index in [0.717, 1.165) is 18.8 Å². The highest BCUT2D eigenvalue weighted by Gasteiger charge is 2.15. The SMILES string of the molecule is CCCOc1ccc(C(CN)c2ccc(C)s2)cc1C. The minimum atomic E-state index is 0.285. The van der Waals surface area contributed by atoms with Crippen molar-refractivity contribution in [1.82, 2.24) is 0 Å². The molecule has 0 amide bonds. The van der Waals surface area contributed by atoms with Gasteiger partial charge in [0.15, 0.2) is 0 Å². The summed E-state index contributed by atoms with van der Waals surface area (Å²) in [6, 6.07) is 10.8. The van der Waals surface area contributed by atoms with E-state index in [2.05, 4.69) is 51.1 Å². The van der Waals surface area contributed by atoms with Crippen molar-refractivity contribution in [2.24, 2.45) is 5.73 Å². The van der Waals surface area contributed by atoms with E-state index in [9.17, 15) is 0 Å². The Morgan fingerprint density at radius 2 is 2.00 bits per heavy atom. The van der Waals surface area contributed by atoms with Gasteiger partial charge in [0, 0.05) is 22.2 Å². The van der Waals surface area contributed by atoms with Crippen LogP contribution in [0, 0.1) is 13.8 Å². The molecule has 1 atom stereocenters. The van der Waals surface area contributed by atoms with Crippen molar-refractivity contribution in [3.63, 3.8) is 0 Å². The Balaban J connectivity index is 2.24. The Bertz CT molecular complexity index is 562. The number of benzene rings is 1. The number of thiophene rings is 1. The molecule has 0 spiro atoms. The summed E-state index contributed by atoms with van der Waals surface area (Å²) in [7, 11) is 0. The van der Waals surface area contributed by atoms with Crippen molar-refractivity contribution in [2.75, 3.05) is 13.2 Å². The van der Waals surface area contributed by atoms with Gasteiger partial charge in [-0.15, -0.1) is 11.3 Å². The standard InChI is InChI=1S/C17H23NOS/c1-4-9-19-16-7-6-14(10-12(16)2)15(11-18)17-8-5-13(3)20-17/h5-8,10,15H,4,9,11,18H2,1-3H3. The van der Waals surface area contributed by atoms with E-state index in [1.807, 2.05) is 11.3 Å². The van der Waals surface area contributed by atoms with Gasteiger partial charge in [0.2, 0.25) is 0 Å². The van der Waals surface area contributed by atoms with E-state index < -0.39 is 0 Å². The summed E-state index contributed by atoms with van der Waals surface area (Å²) in [6.07, 6.45) is 1.03. The quantitative estimate of drug-likeness (QED) is 0.863. The van der Waals surface area contributed by atoms with Gasteiger partial charge in [-0.25, -0.2) is 0 Å². The number of nitrogens with two attached hydrogens (primary N) is 1. The van der Waals surface area contributed by atoms with Gasteiger partial charge < -0.3 is 10.5 Å². The first-order chi connectivity index (χ1) is 9.65. The summed E-state index contributed by atoms with van der Waals surface area (Å²) in [5.41, 5.74) is 8.45. The van der Waals surface area contributed by atoms with E-state index >= 15 is 0 Å². The first-order valence-electron chi connectivity index (χ1n) is 7.15. The molecule has 2 aromatic rings. The summed E-state index contributed by atoms with van der Waals surface area (Å²) in [5, 5.41) is 0. The van der Waals surface area contributed by atoms with Crippen LogP contribution >= 0.6 is 11.3 Å². The molecule has 0 saturated heterocycles. The van der Waals surface area contributed by atoms with Crippen LogP contribution < -0.4 is 10.5 Å². The summed E-state index contributed by atoms with van der Waals surface area (Å²) in [5.74, 6) is 1.27. The topological polar surface area (TPSA) is 35.2 Å². The molecular formula is C17H23NOS. The van der Waals surface area contributed by atoms with Gasteiger partial charge in [0.05, 0.1) is 6.61 Å². The Kier molecular flexibility index (Phi) is 5.21. The first-order valence-corrected chi connectivity index (χ1v) is 7.97. The molecule has 2 N–H and O–H groups in total. The van der Waals surface area contributed by atoms with E-state index in [0.29, 0.717) is 6.54 Å². The molecule has 2 nitrogen and oxygen atoms in total. The summed E-state index contributed by atoms with van der Waals surface area (Å²) in [6.45, 7) is 7.75. The van der Waals surface area contributed by atoms with E-state index in [-0.39, 0.29) is 5.92 Å². The van der Waals surface area contributed by atoms with Crippen LogP contribution in [0.2, 0.25) is 0 Å². The molecule has 2 rings (SSSR count). The summed E-state index contributed by atoms with van der Waals surface area (Å²) >= 11 is 1.83. The first kappa shape index (κ1) is 15.1. The van der Waals surface area contributed by atoms with Crippen molar-refractivity contribution in [3.8, 4) is 5.75 Å². The normalized spacial score (nSPS) is 12.4. The minimum Gasteiger partial charge on any atom is -0.493 e. The van der Waals surface area contributed by atoms with Crippen molar-refractivity contribution < 1.29 is 4.74 Å². The van der Waals surface area contributed by atoms with Crippen LogP contribution in [-0.4, -0.2) is 13.2 Å². The van der Waals surface area contributed by atoms with Gasteiger partial charge in [-0.2, -0.15) is 0 Å². The van der Waals surface area contributed by atoms with Crippen molar-refractivity contribution >= 4 is 11.3 Å². The molecule has 1 unspecified atom stereocenters. The van der Waals surface area contributed by atoms with Crippen molar-refractivity contribution in [3.05, 3.63) is 51.2 Å². The molecule has 108 valence electrons. The molecule has 0 aliphatic heterocycles. The third-order valence-corrected chi connectivity index (χ3v) is 4.52. The maximum atomic E-state index is 5.99. The molecule has 1 aromatic carbocycles. The molecule has 0 aliphatic carbocycles. The van der Waals surface area contributed by atoms with Gasteiger partial charge in [0.1, 0.15) is 5.75 Å². The fourth-order valence-corrected chi connectivity index (χ4v) is 3.34. The van der Waals surface area contributed by atoms with E-state index in [1.165, 1.54) is 20.9 Å². The smallest absolute Gasteiger partial charge is 0.122 e. The molecule has 0 radical (unpaired) electrons. The minimum absolute atomic E-state index is 0.285. The van der Waals surface area contributed by atoms with Crippen LogP contribution in [0.4, 0.5) is 0 Å². The lowest BCUT2D eigenvalue weighted by Crippen LogP contribution is -2.13. The van der Waals surface area contributed by atoms with E-state index in [1.54, 1.807) is 0 Å². The van der Waals surface area contributed by atoms with Crippen molar-refractivity contribution in [1.29, 1.82) is 0 Å². The average Bonchev–Trinajstić information content (AvgIpc) is 2.85. The predicted octanol–water partition coefficient (Wildman–Crippen LogP) is 4.24. The van der Waals surface area contributed by atoms with Gasteiger partial charge in [-0.3, -0.25) is 0 Å². The second kappa shape index (κ2) is 6.91. The third-order valence-electron chi connectivity index (χ3n) is 3.40. The zero-order valence-electron chi connectivity index (χ0n) is 12.5. The third kappa shape index (κ3) is 3.41. The van der Waals surface area contributed by atoms with Crippen LogP contribution in [0.15, 0.2) is 30.3 Å². The van der Waals surface area contributed by atoms with Gasteiger partial charge >= 0.3 is 0 Å². The van der Waals surface area contributed by atoms with Crippen molar-refractivity contribution in [2.45, 2.75) is 33.1 Å². The summed E-state index contributed by atoms with van der Waals surface area (Å²) in [4.78, 5) is 2.67. The lowest BCUT2D eigenvalue weighted by atomic mass is 9.96. The monoisotopic (exact) mass is 289 g/mol. The van der Waals surface area contributed by atoms with Crippen LogP contribution in [0.25, 0.3) is 0 Å². The molecule has 0 saturated carbocycles. The van der Waals surface area contributed by atoms with Crippen LogP contribution in [0.1, 0.15) is 40.1 Å². The zero-order chi connectivity index (χ0) is 14.5. The Hall–Kier alpha value is -1.32. The number of hydrogen-bond acceptors (Lipinski definition) is 3. The molecular weight excluding hydrogens is 266 g/mol. The maximum Gasteiger partial charge on any atom is 0.122 e. The second-order valence-electron chi connectivity index (χ2n) is 5.11. The van der Waals surface area contributed by atoms with Crippen LogP contribution in [0.3, 0.4) is 0 Å². The highest BCUT2D eigenvalue weighted by molar-refractivity contribution is 7.12. The number of hydrogen-bond donors (Lipinski definition) is 1. The number of rotatable bonds is 6. The molecule has 0 bridgehead atoms. The van der Waals surface area contributed by atoms with Gasteiger partial charge in [0.25, 0.3) is 0 Å². The predicted molar refractivity (Wildman–Crippen MR) is 86.9 cm³/mol. The molecule has 0 aliphatic rings. The highest BCUT2D eigenvalue weighted by Crippen LogP contribution is 2.31. The molecule has 1 aromatic heterocycles. The molecule has 1 heterocycles.